The number of primary amides is 1. The van der Waals surface area contributed by atoms with Gasteiger partial charge in [-0.25, -0.2) is 0 Å². The van der Waals surface area contributed by atoms with E-state index in [1.807, 2.05) is 0 Å². The van der Waals surface area contributed by atoms with E-state index >= 15 is 0 Å². The maximum absolute atomic E-state index is 12.4. The predicted molar refractivity (Wildman–Crippen MR) is 107 cm³/mol. The van der Waals surface area contributed by atoms with Gasteiger partial charge in [0, 0.05) is 0 Å². The number of hydrogen-bond donors (Lipinski definition) is 6. The fourth-order valence-electron chi connectivity index (χ4n) is 3.55. The molecular formula is C17H30N6O7S. The molecule has 1 aromatic rings. The number of aliphatic hydroxyl groups is 1. The number of nitrogens with two attached hydrogens (primary N) is 2. The van der Waals surface area contributed by atoms with Crippen molar-refractivity contribution in [3.05, 3.63) is 11.7 Å². The van der Waals surface area contributed by atoms with Gasteiger partial charge < -0.3 is 26.2 Å². The molecule has 2 unspecified atom stereocenters. The summed E-state index contributed by atoms with van der Waals surface area (Å²) in [5.74, 6) is -2.05. The summed E-state index contributed by atoms with van der Waals surface area (Å²) in [7, 11) is -4.51. The maximum atomic E-state index is 12.4. The molecule has 0 spiro atoms. The highest BCUT2D eigenvalue weighted by Gasteiger charge is 2.33. The van der Waals surface area contributed by atoms with E-state index in [0.29, 0.717) is 12.3 Å². The Morgan fingerprint density at radius 2 is 1.90 bits per heavy atom. The van der Waals surface area contributed by atoms with Crippen molar-refractivity contribution < 1.29 is 32.7 Å². The number of nitrogens with zero attached hydrogens (tertiary/aromatic N) is 2. The molecule has 31 heavy (non-hydrogen) atoms. The summed E-state index contributed by atoms with van der Waals surface area (Å²) in [6.45, 7) is 1.11. The van der Waals surface area contributed by atoms with Gasteiger partial charge in [0.2, 0.25) is 11.8 Å². The monoisotopic (exact) mass is 462 g/mol. The second-order valence-electron chi connectivity index (χ2n) is 7.86. The summed E-state index contributed by atoms with van der Waals surface area (Å²) in [6, 6.07) is -3.67. The molecule has 0 aliphatic heterocycles. The Morgan fingerprint density at radius 3 is 2.45 bits per heavy atom. The summed E-state index contributed by atoms with van der Waals surface area (Å²) < 4.78 is 33.7. The van der Waals surface area contributed by atoms with E-state index in [-0.39, 0.29) is 11.7 Å². The van der Waals surface area contributed by atoms with Crippen molar-refractivity contribution in [2.75, 3.05) is 0 Å². The van der Waals surface area contributed by atoms with Crippen LogP contribution in [0.5, 0.6) is 0 Å². The van der Waals surface area contributed by atoms with Crippen LogP contribution in [0, 0.1) is 5.92 Å². The van der Waals surface area contributed by atoms with Gasteiger partial charge in [-0.2, -0.15) is 22.8 Å². The first kappa shape index (κ1) is 25.1. The standard InChI is InChI=1S/C17H30N6O7S/c1-9(24)14(17(26)27)23-31(28,29)22-12(8-13(19)25)16-20-15(21-30-16)11(18)7-10-5-3-2-4-6-10/h9-12,14,22-24H,2-8,18H2,1H3,(H2,19,25)(H,26,27)/t9?,11-,12-,14?/m0/s1. The molecule has 1 amide bonds. The molecule has 1 saturated carbocycles. The van der Waals surface area contributed by atoms with Gasteiger partial charge in [0.15, 0.2) is 5.82 Å². The first-order chi connectivity index (χ1) is 14.5. The van der Waals surface area contributed by atoms with Crippen LogP contribution in [0.2, 0.25) is 0 Å². The quantitative estimate of drug-likeness (QED) is 0.227. The van der Waals surface area contributed by atoms with E-state index in [1.165, 1.54) is 6.42 Å². The third kappa shape index (κ3) is 7.81. The molecule has 8 N–H and O–H groups in total. The minimum Gasteiger partial charge on any atom is -0.480 e. The highest BCUT2D eigenvalue weighted by atomic mass is 32.2. The number of hydrogen-bond acceptors (Lipinski definition) is 9. The molecule has 0 bridgehead atoms. The first-order valence-electron chi connectivity index (χ1n) is 10.1. The van der Waals surface area contributed by atoms with Crippen LogP contribution in [0.15, 0.2) is 4.52 Å². The zero-order valence-corrected chi connectivity index (χ0v) is 18.0. The molecule has 2 rings (SSSR count). The molecule has 1 fully saturated rings. The van der Waals surface area contributed by atoms with Gasteiger partial charge in [-0.1, -0.05) is 37.3 Å². The van der Waals surface area contributed by atoms with Crippen molar-refractivity contribution >= 4 is 22.1 Å². The highest BCUT2D eigenvalue weighted by molar-refractivity contribution is 7.87. The first-order valence-corrected chi connectivity index (χ1v) is 11.5. The Labute approximate surface area is 180 Å². The third-order valence-corrected chi connectivity index (χ3v) is 6.29. The zero-order chi connectivity index (χ0) is 23.2. The van der Waals surface area contributed by atoms with Crippen molar-refractivity contribution in [1.29, 1.82) is 0 Å². The summed E-state index contributed by atoms with van der Waals surface area (Å²) in [6.07, 6.45) is 4.26. The molecule has 1 aliphatic rings. The average Bonchev–Trinajstić information content (AvgIpc) is 3.16. The normalized spacial score (nSPS) is 19.5. The van der Waals surface area contributed by atoms with Crippen LogP contribution >= 0.6 is 0 Å². The zero-order valence-electron chi connectivity index (χ0n) is 17.2. The third-order valence-electron chi connectivity index (χ3n) is 5.13. The lowest BCUT2D eigenvalue weighted by atomic mass is 9.85. The molecule has 13 nitrogen and oxygen atoms in total. The topological polar surface area (TPSA) is 224 Å². The van der Waals surface area contributed by atoms with Crippen LogP contribution in [-0.2, 0) is 19.8 Å². The molecule has 1 aromatic heterocycles. The largest absolute Gasteiger partial charge is 0.480 e. The van der Waals surface area contributed by atoms with Crippen LogP contribution in [0.3, 0.4) is 0 Å². The van der Waals surface area contributed by atoms with E-state index in [4.69, 9.17) is 21.1 Å². The fourth-order valence-corrected chi connectivity index (χ4v) is 4.81. The lowest BCUT2D eigenvalue weighted by Gasteiger charge is -2.23. The Bertz CT molecular complexity index is 853. The summed E-state index contributed by atoms with van der Waals surface area (Å²) in [5.41, 5.74) is 11.4. The molecule has 0 radical (unpaired) electrons. The average molecular weight is 463 g/mol. The predicted octanol–water partition coefficient (Wildman–Crippen LogP) is -0.786. The van der Waals surface area contributed by atoms with E-state index in [9.17, 15) is 23.1 Å². The number of aliphatic hydroxyl groups excluding tert-OH is 1. The number of carbonyl (C=O) groups excluding carboxylic acids is 1. The molecule has 1 heterocycles. The van der Waals surface area contributed by atoms with Crippen LogP contribution in [-0.4, -0.2) is 52.8 Å². The fraction of sp³-hybridized carbons (Fsp3) is 0.765. The molecule has 4 atom stereocenters. The Hall–Kier alpha value is -2.13. The Kier molecular flexibility index (Phi) is 8.88. The van der Waals surface area contributed by atoms with Gasteiger partial charge in [-0.15, -0.1) is 0 Å². The second kappa shape index (κ2) is 10.9. The highest BCUT2D eigenvalue weighted by Crippen LogP contribution is 2.30. The number of carboxylic acids is 1. The van der Waals surface area contributed by atoms with Crippen molar-refractivity contribution in [2.24, 2.45) is 17.4 Å². The molecular weight excluding hydrogens is 432 g/mol. The molecule has 14 heteroatoms. The van der Waals surface area contributed by atoms with Crippen molar-refractivity contribution in [1.82, 2.24) is 19.6 Å². The lowest BCUT2D eigenvalue weighted by molar-refractivity contribution is -0.141. The number of aliphatic carboxylic acids is 1. The van der Waals surface area contributed by atoms with Crippen molar-refractivity contribution in [3.8, 4) is 0 Å². The van der Waals surface area contributed by atoms with Crippen LogP contribution in [0.1, 0.15) is 75.7 Å². The SMILES string of the molecule is CC(O)C(NS(=O)(=O)N[C@@H](CC(N)=O)c1nc([C@@H](N)CC2CCCCC2)no1)C(=O)O. The van der Waals surface area contributed by atoms with Gasteiger partial charge in [0.05, 0.1) is 18.6 Å². The molecule has 0 saturated heterocycles. The van der Waals surface area contributed by atoms with Crippen LogP contribution in [0.25, 0.3) is 0 Å². The number of carboxylic acid groups (broad SMARTS) is 1. The minimum atomic E-state index is -4.51. The minimum absolute atomic E-state index is 0.176. The Morgan fingerprint density at radius 1 is 1.26 bits per heavy atom. The number of nitrogens with one attached hydrogen (secondary N) is 2. The maximum Gasteiger partial charge on any atom is 0.324 e. The molecule has 176 valence electrons. The van der Waals surface area contributed by atoms with Gasteiger partial charge in [0.1, 0.15) is 12.1 Å². The second-order valence-corrected chi connectivity index (χ2v) is 9.33. The van der Waals surface area contributed by atoms with Crippen LogP contribution in [0.4, 0.5) is 0 Å². The van der Waals surface area contributed by atoms with Gasteiger partial charge >= 0.3 is 5.97 Å². The van der Waals surface area contributed by atoms with E-state index < -0.39 is 52.7 Å². The lowest BCUT2D eigenvalue weighted by Crippen LogP contribution is -2.52. The number of aromatic nitrogens is 2. The molecule has 1 aliphatic carbocycles. The van der Waals surface area contributed by atoms with E-state index in [0.717, 1.165) is 32.6 Å². The summed E-state index contributed by atoms with van der Waals surface area (Å²) in [5, 5.41) is 22.3. The number of amides is 1. The number of carbonyl (C=O) groups is 2. The molecule has 0 aromatic carbocycles. The van der Waals surface area contributed by atoms with Crippen molar-refractivity contribution in [3.63, 3.8) is 0 Å². The number of rotatable bonds is 12. The van der Waals surface area contributed by atoms with E-state index in [2.05, 4.69) is 14.9 Å². The van der Waals surface area contributed by atoms with Gasteiger partial charge in [-0.05, 0) is 19.3 Å². The van der Waals surface area contributed by atoms with Crippen molar-refractivity contribution in [2.45, 2.75) is 76.1 Å². The van der Waals surface area contributed by atoms with Gasteiger partial charge in [0.25, 0.3) is 10.2 Å². The van der Waals surface area contributed by atoms with Gasteiger partial charge in [-0.3, -0.25) is 9.59 Å². The van der Waals surface area contributed by atoms with Crippen LogP contribution < -0.4 is 20.9 Å². The Balaban J connectivity index is 2.13. The summed E-state index contributed by atoms with van der Waals surface area (Å²) in [4.78, 5) is 26.7. The smallest absolute Gasteiger partial charge is 0.324 e. The van der Waals surface area contributed by atoms with E-state index in [1.54, 1.807) is 4.72 Å². The summed E-state index contributed by atoms with van der Waals surface area (Å²) >= 11 is 0.